The number of para-hydroxylation sites is 3. The fraction of sp³-hybridized carbons (Fsp3) is 0. The molecule has 0 aliphatic carbocycles. The molecule has 0 amide bonds. The Hall–Kier alpha value is -10.1. The number of benzene rings is 10. The van der Waals surface area contributed by atoms with Crippen molar-refractivity contribution in [3.05, 3.63) is 261 Å². The van der Waals surface area contributed by atoms with Crippen molar-refractivity contribution in [2.24, 2.45) is 0 Å². The maximum Gasteiger partial charge on any atom is 0.164 e. The Morgan fingerprint density at radius 1 is 0.230 bits per heavy atom. The van der Waals surface area contributed by atoms with Crippen molar-refractivity contribution in [3.63, 3.8) is 0 Å². The highest BCUT2D eigenvalue weighted by Gasteiger charge is 2.21. The van der Waals surface area contributed by atoms with Gasteiger partial charge in [0, 0.05) is 66.2 Å². The molecule has 0 aliphatic heterocycles. The molecule has 4 heterocycles. The van der Waals surface area contributed by atoms with Gasteiger partial charge in [-0.1, -0.05) is 188 Å². The van der Waals surface area contributed by atoms with Crippen molar-refractivity contribution in [1.82, 2.24) is 34.1 Å². The predicted molar refractivity (Wildman–Crippen MR) is 302 cm³/mol. The van der Waals surface area contributed by atoms with Crippen LogP contribution in [-0.4, -0.2) is 34.1 Å². The third kappa shape index (κ3) is 7.50. The van der Waals surface area contributed by atoms with E-state index in [1.807, 2.05) is 72.8 Å². The molecule has 0 bridgehead atoms. The zero-order valence-corrected chi connectivity index (χ0v) is 40.0. The molecular weight excluding hydrogens is 903 g/mol. The van der Waals surface area contributed by atoms with Gasteiger partial charge < -0.3 is 9.13 Å². The van der Waals surface area contributed by atoms with Crippen LogP contribution < -0.4 is 0 Å². The van der Waals surface area contributed by atoms with Crippen molar-refractivity contribution >= 4 is 43.6 Å². The first-order chi connectivity index (χ1) is 36.7. The van der Waals surface area contributed by atoms with Crippen LogP contribution in [0.2, 0.25) is 0 Å². The fourth-order valence-electron chi connectivity index (χ4n) is 10.5. The molecule has 0 unspecified atom stereocenters. The molecule has 0 saturated carbocycles. The molecule has 0 saturated heterocycles. The summed E-state index contributed by atoms with van der Waals surface area (Å²) in [4.78, 5) is 25.8. The molecular formula is C67H43N7. The van der Waals surface area contributed by atoms with E-state index in [9.17, 15) is 0 Å². The number of rotatable bonds is 9. The van der Waals surface area contributed by atoms with Gasteiger partial charge in [0.2, 0.25) is 0 Å². The maximum atomic E-state index is 5.30. The monoisotopic (exact) mass is 945 g/mol. The number of aromatic nitrogens is 7. The summed E-state index contributed by atoms with van der Waals surface area (Å²) in [6.07, 6.45) is 0. The van der Waals surface area contributed by atoms with Crippen LogP contribution >= 0.6 is 0 Å². The van der Waals surface area contributed by atoms with E-state index in [4.69, 9.17) is 24.9 Å². The predicted octanol–water partition coefficient (Wildman–Crippen LogP) is 16.5. The first-order valence-electron chi connectivity index (χ1n) is 24.8. The topological polar surface area (TPSA) is 74.3 Å². The Kier molecular flexibility index (Phi) is 10.4. The summed E-state index contributed by atoms with van der Waals surface area (Å²) < 4.78 is 4.78. The van der Waals surface area contributed by atoms with E-state index in [-0.39, 0.29) is 0 Å². The molecule has 7 nitrogen and oxygen atoms in total. The van der Waals surface area contributed by atoms with Crippen molar-refractivity contribution in [2.75, 3.05) is 0 Å². The second-order valence-corrected chi connectivity index (χ2v) is 18.5. The molecule has 0 N–H and O–H groups in total. The van der Waals surface area contributed by atoms with Crippen molar-refractivity contribution in [1.29, 1.82) is 0 Å². The number of hydrogen-bond donors (Lipinski definition) is 0. The molecule has 0 atom stereocenters. The van der Waals surface area contributed by atoms with Crippen LogP contribution in [0.4, 0.5) is 0 Å². The SMILES string of the molecule is c1ccc(-c2cc(-c3ccccc3)nc(-c3ccc(-n4c5ccccc5c5cc(-c6nc(-c7ccccc7)nc(-c7ccccc7)n6)ccc54)c(-c4cccc(-n5c6ccccc6c6ccccc65)c4)c3)n2)cc1. The molecule has 0 radical (unpaired) electrons. The molecule has 14 rings (SSSR count). The highest BCUT2D eigenvalue weighted by Crippen LogP contribution is 2.41. The average molecular weight is 946 g/mol. The van der Waals surface area contributed by atoms with E-state index in [1.165, 1.54) is 10.8 Å². The van der Waals surface area contributed by atoms with Crippen LogP contribution in [0, 0.1) is 0 Å². The molecule has 7 heteroatoms. The number of nitrogens with zero attached hydrogens (tertiary/aromatic N) is 7. The lowest BCUT2D eigenvalue weighted by atomic mass is 9.99. The quantitative estimate of drug-likeness (QED) is 0.144. The molecule has 10 aromatic carbocycles. The highest BCUT2D eigenvalue weighted by atomic mass is 15.0. The van der Waals surface area contributed by atoms with E-state index >= 15 is 0 Å². The van der Waals surface area contributed by atoms with Crippen molar-refractivity contribution < 1.29 is 0 Å². The largest absolute Gasteiger partial charge is 0.309 e. The summed E-state index contributed by atoms with van der Waals surface area (Å²) in [6, 6.07) is 91.2. The Bertz CT molecular complexity index is 4240. The highest BCUT2D eigenvalue weighted by molar-refractivity contribution is 6.11. The van der Waals surface area contributed by atoms with Gasteiger partial charge in [-0.3, -0.25) is 0 Å². The molecule has 4 aromatic heterocycles. The number of fused-ring (bicyclic) bond motifs is 6. The minimum absolute atomic E-state index is 0.607. The lowest BCUT2D eigenvalue weighted by Gasteiger charge is -2.17. The summed E-state index contributed by atoms with van der Waals surface area (Å²) in [6.45, 7) is 0. The van der Waals surface area contributed by atoms with Gasteiger partial charge in [-0.15, -0.1) is 0 Å². The molecule has 346 valence electrons. The second kappa shape index (κ2) is 17.9. The van der Waals surface area contributed by atoms with E-state index in [0.717, 1.165) is 100 Å². The average Bonchev–Trinajstić information content (AvgIpc) is 4.02. The van der Waals surface area contributed by atoms with Crippen LogP contribution in [-0.2, 0) is 0 Å². The van der Waals surface area contributed by atoms with Gasteiger partial charge in [-0.2, -0.15) is 0 Å². The molecule has 14 aromatic rings. The Balaban J connectivity index is 0.993. The standard InChI is InChI=1S/C67H43N7/c1-5-20-44(21-6-1)57-43-58(45-22-7-2-8-23-45)69-66(68-57)49-36-38-62(55(41-49)48-28-19-29-51(40-48)73-59-33-16-13-30-52(59)53-31-14-17-34-60(53)73)74-61-35-18-15-32-54(61)56-42-50(37-39-63(56)74)67-71-64(46-24-9-3-10-25-46)70-65(72-67)47-26-11-4-12-27-47/h1-43H. The van der Waals surface area contributed by atoms with Crippen LogP contribution in [0.15, 0.2) is 261 Å². The van der Waals surface area contributed by atoms with Gasteiger partial charge in [-0.25, -0.2) is 24.9 Å². The van der Waals surface area contributed by atoms with Gasteiger partial charge in [0.1, 0.15) is 0 Å². The minimum atomic E-state index is 0.607. The van der Waals surface area contributed by atoms with Crippen molar-refractivity contribution in [2.45, 2.75) is 0 Å². The van der Waals surface area contributed by atoms with Gasteiger partial charge in [0.15, 0.2) is 23.3 Å². The molecule has 0 spiro atoms. The van der Waals surface area contributed by atoms with Gasteiger partial charge in [0.05, 0.1) is 39.1 Å². The van der Waals surface area contributed by atoms with Gasteiger partial charge in [0.25, 0.3) is 0 Å². The van der Waals surface area contributed by atoms with E-state index in [0.29, 0.717) is 23.3 Å². The van der Waals surface area contributed by atoms with E-state index in [2.05, 4.69) is 197 Å². The van der Waals surface area contributed by atoms with E-state index in [1.54, 1.807) is 0 Å². The second-order valence-electron chi connectivity index (χ2n) is 18.5. The fourth-order valence-corrected chi connectivity index (χ4v) is 10.5. The minimum Gasteiger partial charge on any atom is -0.309 e. The van der Waals surface area contributed by atoms with Crippen molar-refractivity contribution in [3.8, 4) is 90.6 Å². The maximum absolute atomic E-state index is 5.30. The lowest BCUT2D eigenvalue weighted by molar-refractivity contribution is 1.07. The van der Waals surface area contributed by atoms with Gasteiger partial charge in [-0.05, 0) is 78.4 Å². The molecule has 0 fully saturated rings. The summed E-state index contributed by atoms with van der Waals surface area (Å²) in [5, 5.41) is 4.64. The lowest BCUT2D eigenvalue weighted by Crippen LogP contribution is -2.01. The zero-order valence-electron chi connectivity index (χ0n) is 40.0. The molecule has 74 heavy (non-hydrogen) atoms. The summed E-state index contributed by atoms with van der Waals surface area (Å²) in [5.41, 5.74) is 16.0. The summed E-state index contributed by atoms with van der Waals surface area (Å²) >= 11 is 0. The Morgan fingerprint density at radius 2 is 0.635 bits per heavy atom. The smallest absolute Gasteiger partial charge is 0.164 e. The van der Waals surface area contributed by atoms with Crippen LogP contribution in [0.3, 0.4) is 0 Å². The Labute approximate surface area is 427 Å². The first kappa shape index (κ1) is 42.7. The van der Waals surface area contributed by atoms with Crippen LogP contribution in [0.1, 0.15) is 0 Å². The summed E-state index contributed by atoms with van der Waals surface area (Å²) in [5.74, 6) is 2.50. The molecule has 0 aliphatic rings. The summed E-state index contributed by atoms with van der Waals surface area (Å²) in [7, 11) is 0. The van der Waals surface area contributed by atoms with Crippen LogP contribution in [0.25, 0.3) is 134 Å². The van der Waals surface area contributed by atoms with Gasteiger partial charge >= 0.3 is 0 Å². The van der Waals surface area contributed by atoms with Crippen LogP contribution in [0.5, 0.6) is 0 Å². The zero-order chi connectivity index (χ0) is 49.0. The Morgan fingerprint density at radius 3 is 1.19 bits per heavy atom. The van der Waals surface area contributed by atoms with E-state index < -0.39 is 0 Å². The first-order valence-corrected chi connectivity index (χ1v) is 24.8. The third-order valence-electron chi connectivity index (χ3n) is 14.0. The third-order valence-corrected chi connectivity index (χ3v) is 14.0. The number of hydrogen-bond acceptors (Lipinski definition) is 5. The normalized spacial score (nSPS) is 11.5.